The van der Waals surface area contributed by atoms with Gasteiger partial charge in [-0.3, -0.25) is 9.59 Å². The molecule has 0 saturated carbocycles. The Labute approximate surface area is 148 Å². The van der Waals surface area contributed by atoms with Gasteiger partial charge in [0.2, 0.25) is 5.91 Å². The molecule has 2 rings (SSSR count). The molecule has 0 aliphatic rings. The normalized spacial score (nSPS) is 10.9. The average molecular weight is 366 g/mol. The molecule has 138 valence electrons. The molecule has 0 spiro atoms. The highest BCUT2D eigenvalue weighted by Crippen LogP contribution is 2.20. The molecular weight excluding hydrogens is 349 g/mol. The SMILES string of the molecule is CCOc1ccc(CC(=O)Nc2ccc(NC(=O)C(F)(F)F)cc2)cc1. The number of carbonyl (C=O) groups is 2. The zero-order chi connectivity index (χ0) is 19.2. The van der Waals surface area contributed by atoms with Gasteiger partial charge < -0.3 is 15.4 Å². The fourth-order valence-electron chi connectivity index (χ4n) is 2.10. The summed E-state index contributed by atoms with van der Waals surface area (Å²) in [6.45, 7) is 2.43. The first-order valence-electron chi connectivity index (χ1n) is 7.77. The number of hydrogen-bond acceptors (Lipinski definition) is 3. The first-order valence-corrected chi connectivity index (χ1v) is 7.77. The predicted molar refractivity (Wildman–Crippen MR) is 91.1 cm³/mol. The van der Waals surface area contributed by atoms with Crippen molar-refractivity contribution in [2.45, 2.75) is 19.5 Å². The highest BCUT2D eigenvalue weighted by atomic mass is 19.4. The van der Waals surface area contributed by atoms with E-state index in [0.717, 1.165) is 5.56 Å². The van der Waals surface area contributed by atoms with Gasteiger partial charge in [0.05, 0.1) is 13.0 Å². The number of halogens is 3. The third kappa shape index (κ3) is 5.80. The molecule has 0 radical (unpaired) electrons. The Kier molecular flexibility index (Phi) is 6.21. The molecule has 2 amide bonds. The van der Waals surface area contributed by atoms with Crippen LogP contribution in [0.15, 0.2) is 48.5 Å². The highest BCUT2D eigenvalue weighted by Gasteiger charge is 2.38. The second kappa shape index (κ2) is 8.37. The van der Waals surface area contributed by atoms with Crippen molar-refractivity contribution in [3.8, 4) is 5.75 Å². The maximum absolute atomic E-state index is 12.2. The van der Waals surface area contributed by atoms with Gasteiger partial charge >= 0.3 is 12.1 Å². The summed E-state index contributed by atoms with van der Waals surface area (Å²) in [7, 11) is 0. The fraction of sp³-hybridized carbons (Fsp3) is 0.222. The summed E-state index contributed by atoms with van der Waals surface area (Å²) in [6.07, 6.45) is -4.82. The Bertz CT molecular complexity index is 757. The molecule has 0 unspecified atom stereocenters. The summed E-state index contributed by atoms with van der Waals surface area (Å²) >= 11 is 0. The molecular formula is C18H17F3N2O3. The number of amides is 2. The number of nitrogens with one attached hydrogen (secondary N) is 2. The van der Waals surface area contributed by atoms with E-state index in [-0.39, 0.29) is 18.0 Å². The summed E-state index contributed by atoms with van der Waals surface area (Å²) in [5.41, 5.74) is 1.18. The van der Waals surface area contributed by atoms with Crippen molar-refractivity contribution in [1.29, 1.82) is 0 Å². The van der Waals surface area contributed by atoms with Crippen LogP contribution in [0.2, 0.25) is 0 Å². The number of alkyl halides is 3. The molecule has 5 nitrogen and oxygen atoms in total. The summed E-state index contributed by atoms with van der Waals surface area (Å²) < 4.78 is 41.9. The van der Waals surface area contributed by atoms with Gasteiger partial charge in [0.15, 0.2) is 0 Å². The molecule has 0 fully saturated rings. The summed E-state index contributed by atoms with van der Waals surface area (Å²) in [6, 6.07) is 12.4. The van der Waals surface area contributed by atoms with E-state index >= 15 is 0 Å². The number of benzene rings is 2. The van der Waals surface area contributed by atoms with Crippen molar-refractivity contribution in [2.75, 3.05) is 17.2 Å². The fourth-order valence-corrected chi connectivity index (χ4v) is 2.10. The van der Waals surface area contributed by atoms with Gasteiger partial charge in [0.25, 0.3) is 0 Å². The lowest BCUT2D eigenvalue weighted by Crippen LogP contribution is -2.29. The smallest absolute Gasteiger partial charge is 0.471 e. The van der Waals surface area contributed by atoms with E-state index in [9.17, 15) is 22.8 Å². The molecule has 8 heteroatoms. The Morgan fingerprint density at radius 1 is 0.923 bits per heavy atom. The first-order chi connectivity index (χ1) is 12.3. The van der Waals surface area contributed by atoms with Crippen LogP contribution in [0.5, 0.6) is 5.75 Å². The van der Waals surface area contributed by atoms with Crippen LogP contribution >= 0.6 is 0 Å². The molecule has 0 aromatic heterocycles. The van der Waals surface area contributed by atoms with Gasteiger partial charge in [-0.25, -0.2) is 0 Å². The topological polar surface area (TPSA) is 67.4 Å². The van der Waals surface area contributed by atoms with Crippen LogP contribution in [0.4, 0.5) is 24.5 Å². The molecule has 0 aliphatic heterocycles. The van der Waals surface area contributed by atoms with Gasteiger partial charge in [-0.15, -0.1) is 0 Å². The van der Waals surface area contributed by atoms with Crippen LogP contribution in [0.25, 0.3) is 0 Å². The van der Waals surface area contributed by atoms with Crippen molar-refractivity contribution in [1.82, 2.24) is 0 Å². The van der Waals surface area contributed by atoms with E-state index in [1.807, 2.05) is 6.92 Å². The van der Waals surface area contributed by atoms with Gasteiger partial charge in [-0.1, -0.05) is 12.1 Å². The van der Waals surface area contributed by atoms with E-state index < -0.39 is 12.1 Å². The minimum atomic E-state index is -4.95. The highest BCUT2D eigenvalue weighted by molar-refractivity contribution is 5.96. The second-order valence-corrected chi connectivity index (χ2v) is 5.33. The molecule has 2 aromatic rings. The molecule has 0 atom stereocenters. The molecule has 0 bridgehead atoms. The minimum Gasteiger partial charge on any atom is -0.494 e. The molecule has 0 saturated heterocycles. The molecule has 0 aliphatic carbocycles. The van der Waals surface area contributed by atoms with Gasteiger partial charge in [-0.05, 0) is 48.9 Å². The standard InChI is InChI=1S/C18H17F3N2O3/c1-2-26-15-9-3-12(4-10-15)11-16(24)22-13-5-7-14(8-6-13)23-17(25)18(19,20)21/h3-10H,2,11H2,1H3,(H,22,24)(H,23,25). The van der Waals surface area contributed by atoms with Crippen LogP contribution in [-0.4, -0.2) is 24.6 Å². The van der Waals surface area contributed by atoms with Crippen molar-refractivity contribution in [3.63, 3.8) is 0 Å². The molecule has 2 N–H and O–H groups in total. The van der Waals surface area contributed by atoms with Crippen LogP contribution in [0.1, 0.15) is 12.5 Å². The Morgan fingerprint density at radius 3 is 1.96 bits per heavy atom. The summed E-state index contributed by atoms with van der Waals surface area (Å²) in [5.74, 6) is -1.61. The number of ether oxygens (including phenoxy) is 1. The van der Waals surface area contributed by atoms with E-state index in [4.69, 9.17) is 4.74 Å². The Morgan fingerprint density at radius 2 is 1.46 bits per heavy atom. The monoisotopic (exact) mass is 366 g/mol. The molecule has 26 heavy (non-hydrogen) atoms. The van der Waals surface area contributed by atoms with Crippen LogP contribution in [-0.2, 0) is 16.0 Å². The number of rotatable bonds is 6. The number of anilines is 2. The predicted octanol–water partition coefficient (Wildman–Crippen LogP) is 3.77. The van der Waals surface area contributed by atoms with E-state index in [0.29, 0.717) is 18.0 Å². The lowest BCUT2D eigenvalue weighted by atomic mass is 10.1. The first kappa shape index (κ1) is 19.3. The maximum atomic E-state index is 12.2. The Balaban J connectivity index is 1.89. The number of carbonyl (C=O) groups excluding carboxylic acids is 2. The lowest BCUT2D eigenvalue weighted by Gasteiger charge is -2.09. The van der Waals surface area contributed by atoms with Gasteiger partial charge in [-0.2, -0.15) is 13.2 Å². The van der Waals surface area contributed by atoms with Crippen molar-refractivity contribution < 1.29 is 27.5 Å². The van der Waals surface area contributed by atoms with Gasteiger partial charge in [0, 0.05) is 11.4 Å². The van der Waals surface area contributed by atoms with Crippen LogP contribution < -0.4 is 15.4 Å². The minimum absolute atomic E-state index is 0.0168. The van der Waals surface area contributed by atoms with E-state index in [1.165, 1.54) is 24.3 Å². The maximum Gasteiger partial charge on any atom is 0.471 e. The van der Waals surface area contributed by atoms with Crippen molar-refractivity contribution in [3.05, 3.63) is 54.1 Å². The summed E-state index contributed by atoms with van der Waals surface area (Å²) in [5, 5.41) is 4.37. The zero-order valence-electron chi connectivity index (χ0n) is 13.9. The van der Waals surface area contributed by atoms with Crippen LogP contribution in [0.3, 0.4) is 0 Å². The van der Waals surface area contributed by atoms with E-state index in [2.05, 4.69) is 5.32 Å². The largest absolute Gasteiger partial charge is 0.494 e. The van der Waals surface area contributed by atoms with Crippen molar-refractivity contribution in [2.24, 2.45) is 0 Å². The lowest BCUT2D eigenvalue weighted by molar-refractivity contribution is -0.167. The second-order valence-electron chi connectivity index (χ2n) is 5.33. The molecule has 2 aromatic carbocycles. The zero-order valence-corrected chi connectivity index (χ0v) is 13.9. The number of hydrogen-bond donors (Lipinski definition) is 2. The Hall–Kier alpha value is -3.03. The van der Waals surface area contributed by atoms with E-state index in [1.54, 1.807) is 29.6 Å². The third-order valence-electron chi connectivity index (χ3n) is 3.28. The van der Waals surface area contributed by atoms with Gasteiger partial charge in [0.1, 0.15) is 5.75 Å². The van der Waals surface area contributed by atoms with Crippen molar-refractivity contribution >= 4 is 23.2 Å². The van der Waals surface area contributed by atoms with Crippen LogP contribution in [0, 0.1) is 0 Å². The third-order valence-corrected chi connectivity index (χ3v) is 3.28. The summed E-state index contributed by atoms with van der Waals surface area (Å²) in [4.78, 5) is 22.9. The molecule has 0 heterocycles. The average Bonchev–Trinajstić information content (AvgIpc) is 2.58. The quantitative estimate of drug-likeness (QED) is 0.818.